The predicted octanol–water partition coefficient (Wildman–Crippen LogP) is 2.79. The summed E-state index contributed by atoms with van der Waals surface area (Å²) in [4.78, 5) is 0. The molecule has 0 radical (unpaired) electrons. The fourth-order valence-electron chi connectivity index (χ4n) is 3.36. The van der Waals surface area contributed by atoms with Crippen molar-refractivity contribution in [1.82, 2.24) is 10.6 Å². The minimum absolute atomic E-state index is 0.0843. The first-order chi connectivity index (χ1) is 10.3. The summed E-state index contributed by atoms with van der Waals surface area (Å²) in [5, 5.41) is 7.47. The van der Waals surface area contributed by atoms with Gasteiger partial charge >= 0.3 is 0 Å². The summed E-state index contributed by atoms with van der Waals surface area (Å²) < 4.78 is 0. The van der Waals surface area contributed by atoms with Gasteiger partial charge in [-0.05, 0) is 30.9 Å². The van der Waals surface area contributed by atoms with Gasteiger partial charge in [-0.15, -0.1) is 0 Å². The molecule has 2 N–H and O–H groups in total. The van der Waals surface area contributed by atoms with Crippen molar-refractivity contribution in [2.24, 2.45) is 0 Å². The molecule has 1 heterocycles. The first-order valence-electron chi connectivity index (χ1n) is 7.85. The monoisotopic (exact) mass is 280 g/mol. The highest BCUT2D eigenvalue weighted by molar-refractivity contribution is 5.25. The van der Waals surface area contributed by atoms with Crippen molar-refractivity contribution >= 4 is 0 Å². The zero-order valence-electron chi connectivity index (χ0n) is 12.7. The van der Waals surface area contributed by atoms with Gasteiger partial charge in [-0.3, -0.25) is 0 Å². The Morgan fingerprint density at radius 2 is 1.38 bits per heavy atom. The maximum Gasteiger partial charge on any atom is 0.0414 e. The SMILES string of the molecule is CC1NCCNC1(Cc1ccccc1)Cc1ccccc1. The smallest absolute Gasteiger partial charge is 0.0414 e. The molecule has 3 rings (SSSR count). The van der Waals surface area contributed by atoms with E-state index in [9.17, 15) is 0 Å². The molecule has 0 saturated carbocycles. The molecule has 110 valence electrons. The van der Waals surface area contributed by atoms with Crippen LogP contribution >= 0.6 is 0 Å². The maximum atomic E-state index is 3.82. The van der Waals surface area contributed by atoms with E-state index in [4.69, 9.17) is 0 Å². The van der Waals surface area contributed by atoms with E-state index in [0.717, 1.165) is 25.9 Å². The van der Waals surface area contributed by atoms with Crippen LogP contribution in [0, 0.1) is 0 Å². The Hall–Kier alpha value is -1.64. The third-order valence-electron chi connectivity index (χ3n) is 4.61. The molecule has 1 unspecified atom stereocenters. The van der Waals surface area contributed by atoms with E-state index in [1.165, 1.54) is 11.1 Å². The van der Waals surface area contributed by atoms with Crippen LogP contribution in [0.15, 0.2) is 60.7 Å². The topological polar surface area (TPSA) is 24.1 Å². The molecule has 0 amide bonds. The van der Waals surface area contributed by atoms with Gasteiger partial charge in [-0.2, -0.15) is 0 Å². The predicted molar refractivity (Wildman–Crippen MR) is 88.5 cm³/mol. The van der Waals surface area contributed by atoms with Crippen LogP contribution in [0.5, 0.6) is 0 Å². The molecule has 2 nitrogen and oxygen atoms in total. The second-order valence-corrected chi connectivity index (χ2v) is 6.08. The van der Waals surface area contributed by atoms with Crippen molar-refractivity contribution < 1.29 is 0 Å². The summed E-state index contributed by atoms with van der Waals surface area (Å²) in [5.74, 6) is 0. The van der Waals surface area contributed by atoms with Crippen molar-refractivity contribution in [3.05, 3.63) is 71.8 Å². The van der Waals surface area contributed by atoms with Gasteiger partial charge in [0.2, 0.25) is 0 Å². The zero-order chi connectivity index (χ0) is 14.5. The van der Waals surface area contributed by atoms with Crippen LogP contribution < -0.4 is 10.6 Å². The molecule has 2 aromatic rings. The van der Waals surface area contributed by atoms with E-state index in [-0.39, 0.29) is 5.54 Å². The summed E-state index contributed by atoms with van der Waals surface area (Å²) in [6.07, 6.45) is 2.10. The van der Waals surface area contributed by atoms with Gasteiger partial charge in [0.25, 0.3) is 0 Å². The van der Waals surface area contributed by atoms with Gasteiger partial charge < -0.3 is 10.6 Å². The molecule has 1 atom stereocenters. The molecule has 1 saturated heterocycles. The summed E-state index contributed by atoms with van der Waals surface area (Å²) in [6, 6.07) is 22.1. The molecule has 2 heteroatoms. The second kappa shape index (κ2) is 6.42. The van der Waals surface area contributed by atoms with Gasteiger partial charge in [-0.1, -0.05) is 60.7 Å². The van der Waals surface area contributed by atoms with Crippen LogP contribution in [-0.4, -0.2) is 24.7 Å². The standard InChI is InChI=1S/C19H24N2/c1-16-19(21-13-12-20-16,14-17-8-4-2-5-9-17)15-18-10-6-3-7-11-18/h2-11,16,20-21H,12-15H2,1H3. The second-order valence-electron chi connectivity index (χ2n) is 6.08. The maximum absolute atomic E-state index is 3.82. The van der Waals surface area contributed by atoms with E-state index < -0.39 is 0 Å². The summed E-state index contributed by atoms with van der Waals surface area (Å²) in [7, 11) is 0. The first-order valence-corrected chi connectivity index (χ1v) is 7.85. The summed E-state index contributed by atoms with van der Waals surface area (Å²) in [6.45, 7) is 4.38. The molecule has 1 aliphatic rings. The number of nitrogens with one attached hydrogen (secondary N) is 2. The highest BCUT2D eigenvalue weighted by Gasteiger charge is 2.37. The molecule has 0 aromatic heterocycles. The van der Waals surface area contributed by atoms with E-state index >= 15 is 0 Å². The Labute approximate surface area is 127 Å². The van der Waals surface area contributed by atoms with E-state index in [2.05, 4.69) is 78.2 Å². The average molecular weight is 280 g/mol. The zero-order valence-corrected chi connectivity index (χ0v) is 12.7. The van der Waals surface area contributed by atoms with Crippen molar-refractivity contribution in [2.45, 2.75) is 31.3 Å². The Morgan fingerprint density at radius 1 is 0.857 bits per heavy atom. The minimum atomic E-state index is 0.0843. The Balaban J connectivity index is 1.87. The molecular weight excluding hydrogens is 256 g/mol. The molecule has 0 spiro atoms. The third-order valence-corrected chi connectivity index (χ3v) is 4.61. The fraction of sp³-hybridized carbons (Fsp3) is 0.368. The Bertz CT molecular complexity index is 509. The molecule has 0 bridgehead atoms. The van der Waals surface area contributed by atoms with Crippen LogP contribution in [0.25, 0.3) is 0 Å². The van der Waals surface area contributed by atoms with E-state index in [0.29, 0.717) is 6.04 Å². The van der Waals surface area contributed by atoms with Crippen molar-refractivity contribution in [2.75, 3.05) is 13.1 Å². The average Bonchev–Trinajstić information content (AvgIpc) is 2.52. The van der Waals surface area contributed by atoms with Crippen LogP contribution in [-0.2, 0) is 12.8 Å². The Kier molecular flexibility index (Phi) is 4.37. The van der Waals surface area contributed by atoms with Gasteiger partial charge in [-0.25, -0.2) is 0 Å². The third kappa shape index (κ3) is 3.34. The van der Waals surface area contributed by atoms with E-state index in [1.54, 1.807) is 0 Å². The quantitative estimate of drug-likeness (QED) is 0.900. The number of piperazine rings is 1. The number of rotatable bonds is 4. The Morgan fingerprint density at radius 3 is 1.86 bits per heavy atom. The largest absolute Gasteiger partial charge is 0.311 e. The van der Waals surface area contributed by atoms with Crippen molar-refractivity contribution in [1.29, 1.82) is 0 Å². The van der Waals surface area contributed by atoms with Crippen LogP contribution in [0.3, 0.4) is 0 Å². The first kappa shape index (κ1) is 14.3. The van der Waals surface area contributed by atoms with Crippen molar-refractivity contribution in [3.8, 4) is 0 Å². The lowest BCUT2D eigenvalue weighted by Gasteiger charge is -2.45. The molecule has 2 aromatic carbocycles. The number of benzene rings is 2. The summed E-state index contributed by atoms with van der Waals surface area (Å²) >= 11 is 0. The van der Waals surface area contributed by atoms with Crippen molar-refractivity contribution in [3.63, 3.8) is 0 Å². The lowest BCUT2D eigenvalue weighted by molar-refractivity contribution is 0.203. The lowest BCUT2D eigenvalue weighted by Crippen LogP contribution is -2.66. The summed E-state index contributed by atoms with van der Waals surface area (Å²) in [5.41, 5.74) is 2.88. The van der Waals surface area contributed by atoms with E-state index in [1.807, 2.05) is 0 Å². The van der Waals surface area contributed by atoms with Crippen LogP contribution in [0.2, 0.25) is 0 Å². The van der Waals surface area contributed by atoms with Gasteiger partial charge in [0.1, 0.15) is 0 Å². The molecule has 21 heavy (non-hydrogen) atoms. The van der Waals surface area contributed by atoms with Crippen LogP contribution in [0.4, 0.5) is 0 Å². The molecule has 1 aliphatic heterocycles. The van der Waals surface area contributed by atoms with Crippen LogP contribution in [0.1, 0.15) is 18.1 Å². The normalized spacial score (nSPS) is 21.1. The number of hydrogen-bond donors (Lipinski definition) is 2. The molecule has 1 fully saturated rings. The molecule has 0 aliphatic carbocycles. The minimum Gasteiger partial charge on any atom is -0.311 e. The molecular formula is C19H24N2. The number of hydrogen-bond acceptors (Lipinski definition) is 2. The fourth-order valence-corrected chi connectivity index (χ4v) is 3.36. The highest BCUT2D eigenvalue weighted by atomic mass is 15.1. The van der Waals surface area contributed by atoms with Gasteiger partial charge in [0.15, 0.2) is 0 Å². The van der Waals surface area contributed by atoms with Gasteiger partial charge in [0.05, 0.1) is 0 Å². The highest BCUT2D eigenvalue weighted by Crippen LogP contribution is 2.24. The lowest BCUT2D eigenvalue weighted by atomic mass is 9.78. The van der Waals surface area contributed by atoms with Gasteiger partial charge in [0, 0.05) is 24.7 Å².